The van der Waals surface area contributed by atoms with Crippen LogP contribution in [0.15, 0.2) is 48.7 Å². The van der Waals surface area contributed by atoms with Gasteiger partial charge in [0.15, 0.2) is 0 Å². The number of nitrogens with one attached hydrogen (secondary N) is 1. The highest BCUT2D eigenvalue weighted by Crippen LogP contribution is 2.42. The summed E-state index contributed by atoms with van der Waals surface area (Å²) in [7, 11) is 0. The summed E-state index contributed by atoms with van der Waals surface area (Å²) in [6.45, 7) is 0.837. The number of rotatable bonds is 4. The molecule has 0 spiro atoms. The van der Waals surface area contributed by atoms with Crippen LogP contribution < -0.4 is 10.2 Å². The van der Waals surface area contributed by atoms with E-state index in [1.165, 1.54) is 12.1 Å². The summed E-state index contributed by atoms with van der Waals surface area (Å²) in [6, 6.07) is 12.7. The smallest absolute Gasteiger partial charge is 0.404 e. The van der Waals surface area contributed by atoms with Crippen LogP contribution in [0.2, 0.25) is 0 Å². The summed E-state index contributed by atoms with van der Waals surface area (Å²) >= 11 is 0. The van der Waals surface area contributed by atoms with Crippen LogP contribution in [0.3, 0.4) is 0 Å². The third-order valence-corrected chi connectivity index (χ3v) is 5.82. The molecule has 1 saturated heterocycles. The molecule has 1 amide bonds. The third kappa shape index (κ3) is 2.96. The molecule has 2 aliphatic rings. The van der Waals surface area contributed by atoms with Gasteiger partial charge in [-0.2, -0.15) is 5.10 Å². The summed E-state index contributed by atoms with van der Waals surface area (Å²) in [6.07, 6.45) is 4.00. The Hall–Kier alpha value is -3.09. The maximum absolute atomic E-state index is 13.2. The van der Waals surface area contributed by atoms with Gasteiger partial charge in [-0.05, 0) is 67.6 Å². The number of hydrogen-bond acceptors (Lipinski definition) is 3. The fraction of sp³-hybridized carbons (Fsp3) is 0.333. The number of anilines is 1. The van der Waals surface area contributed by atoms with Crippen LogP contribution in [0.5, 0.6) is 0 Å². The summed E-state index contributed by atoms with van der Waals surface area (Å²) in [4.78, 5) is 13.5. The van der Waals surface area contributed by atoms with E-state index in [0.29, 0.717) is 5.92 Å². The SMILES string of the molecule is O=C(O)N[C@H]1CCN(c2ccc3c(cnn3-c3ccc(F)cc3)c2)[C@@H]1C1CC1. The Morgan fingerprint density at radius 2 is 1.86 bits per heavy atom. The van der Waals surface area contributed by atoms with Crippen molar-refractivity contribution in [1.29, 1.82) is 0 Å². The van der Waals surface area contributed by atoms with Gasteiger partial charge in [0.05, 0.1) is 29.5 Å². The minimum atomic E-state index is -0.950. The van der Waals surface area contributed by atoms with Crippen LogP contribution in [0.4, 0.5) is 14.9 Å². The Balaban J connectivity index is 1.47. The monoisotopic (exact) mass is 380 g/mol. The molecule has 0 unspecified atom stereocenters. The molecule has 5 rings (SSSR count). The topological polar surface area (TPSA) is 70.4 Å². The number of fused-ring (bicyclic) bond motifs is 1. The van der Waals surface area contributed by atoms with Gasteiger partial charge in [0.2, 0.25) is 0 Å². The molecule has 2 fully saturated rings. The van der Waals surface area contributed by atoms with E-state index in [0.717, 1.165) is 48.1 Å². The normalized spacial score (nSPS) is 22.0. The summed E-state index contributed by atoms with van der Waals surface area (Å²) in [5.41, 5.74) is 2.86. The molecule has 1 aliphatic heterocycles. The van der Waals surface area contributed by atoms with Crippen molar-refractivity contribution in [2.45, 2.75) is 31.3 Å². The van der Waals surface area contributed by atoms with Crippen molar-refractivity contribution in [3.63, 3.8) is 0 Å². The van der Waals surface area contributed by atoms with Crippen LogP contribution in [0.25, 0.3) is 16.6 Å². The molecule has 0 bridgehead atoms. The van der Waals surface area contributed by atoms with Gasteiger partial charge in [-0.3, -0.25) is 0 Å². The average Bonchev–Trinajstić information content (AvgIpc) is 3.30. The average molecular weight is 380 g/mol. The largest absolute Gasteiger partial charge is 0.465 e. The molecule has 2 atom stereocenters. The molecule has 1 aromatic heterocycles. The van der Waals surface area contributed by atoms with E-state index in [2.05, 4.69) is 27.4 Å². The van der Waals surface area contributed by atoms with E-state index in [9.17, 15) is 9.18 Å². The Morgan fingerprint density at radius 1 is 1.11 bits per heavy atom. The summed E-state index contributed by atoms with van der Waals surface area (Å²) in [5, 5.41) is 17.3. The van der Waals surface area contributed by atoms with Gasteiger partial charge in [0.1, 0.15) is 5.82 Å². The van der Waals surface area contributed by atoms with Crippen molar-refractivity contribution in [3.8, 4) is 5.69 Å². The first-order valence-corrected chi connectivity index (χ1v) is 9.60. The van der Waals surface area contributed by atoms with E-state index < -0.39 is 6.09 Å². The fourth-order valence-corrected chi connectivity index (χ4v) is 4.44. The van der Waals surface area contributed by atoms with Crippen LogP contribution in [-0.4, -0.2) is 39.6 Å². The lowest BCUT2D eigenvalue weighted by Gasteiger charge is -2.30. The number of halogens is 1. The van der Waals surface area contributed by atoms with Crippen molar-refractivity contribution in [2.24, 2.45) is 5.92 Å². The van der Waals surface area contributed by atoms with E-state index in [-0.39, 0.29) is 17.9 Å². The van der Waals surface area contributed by atoms with Crippen molar-refractivity contribution >= 4 is 22.7 Å². The highest BCUT2D eigenvalue weighted by molar-refractivity contribution is 5.84. The first-order chi connectivity index (χ1) is 13.6. The molecule has 144 valence electrons. The molecule has 7 heteroatoms. The van der Waals surface area contributed by atoms with Crippen LogP contribution in [0, 0.1) is 11.7 Å². The molecule has 6 nitrogen and oxygen atoms in total. The van der Waals surface area contributed by atoms with E-state index >= 15 is 0 Å². The van der Waals surface area contributed by atoms with Gasteiger partial charge in [-0.1, -0.05) is 0 Å². The van der Waals surface area contributed by atoms with Crippen LogP contribution in [0.1, 0.15) is 19.3 Å². The van der Waals surface area contributed by atoms with Crippen LogP contribution >= 0.6 is 0 Å². The van der Waals surface area contributed by atoms with Gasteiger partial charge in [-0.15, -0.1) is 0 Å². The molecule has 1 aliphatic carbocycles. The fourth-order valence-electron chi connectivity index (χ4n) is 4.44. The van der Waals surface area contributed by atoms with Gasteiger partial charge >= 0.3 is 6.09 Å². The predicted octanol–water partition coefficient (Wildman–Crippen LogP) is 3.79. The Labute approximate surface area is 161 Å². The Bertz CT molecular complexity index is 1030. The van der Waals surface area contributed by atoms with E-state index in [4.69, 9.17) is 5.11 Å². The number of nitrogens with zero attached hydrogens (tertiary/aromatic N) is 3. The van der Waals surface area contributed by atoms with Gasteiger partial charge in [0, 0.05) is 17.6 Å². The standard InChI is InChI=1S/C21H21FN4O2/c22-15-3-5-16(6-4-15)26-19-8-7-17(11-14(19)12-23-26)25-10-9-18(24-21(27)28)20(25)13-1-2-13/h3-8,11-13,18,20,24H,1-2,9-10H2,(H,27,28)/t18-,20+/m0/s1. The lowest BCUT2D eigenvalue weighted by atomic mass is 10.0. The second-order valence-electron chi connectivity index (χ2n) is 7.64. The van der Waals surface area contributed by atoms with Crippen molar-refractivity contribution in [3.05, 3.63) is 54.5 Å². The van der Waals surface area contributed by atoms with Gasteiger partial charge in [-0.25, -0.2) is 13.9 Å². The molecule has 2 heterocycles. The van der Waals surface area contributed by atoms with Crippen molar-refractivity contribution < 1.29 is 14.3 Å². The Kier molecular flexibility index (Phi) is 3.96. The third-order valence-electron chi connectivity index (χ3n) is 5.82. The van der Waals surface area contributed by atoms with Gasteiger partial charge < -0.3 is 15.3 Å². The number of benzene rings is 2. The molecule has 2 aromatic carbocycles. The quantitative estimate of drug-likeness (QED) is 0.723. The van der Waals surface area contributed by atoms with Crippen molar-refractivity contribution in [1.82, 2.24) is 15.1 Å². The minimum Gasteiger partial charge on any atom is -0.465 e. The molecule has 2 N–H and O–H groups in total. The van der Waals surface area contributed by atoms with Crippen molar-refractivity contribution in [2.75, 3.05) is 11.4 Å². The number of carboxylic acid groups (broad SMARTS) is 1. The second-order valence-corrected chi connectivity index (χ2v) is 7.64. The molecular weight excluding hydrogens is 359 g/mol. The zero-order valence-electron chi connectivity index (χ0n) is 15.3. The predicted molar refractivity (Wildman–Crippen MR) is 104 cm³/mol. The minimum absolute atomic E-state index is 0.0253. The molecular formula is C21H21FN4O2. The van der Waals surface area contributed by atoms with Crippen LogP contribution in [-0.2, 0) is 0 Å². The summed E-state index contributed by atoms with van der Waals surface area (Å²) in [5.74, 6) is 0.282. The lowest BCUT2D eigenvalue weighted by molar-refractivity contribution is 0.188. The van der Waals surface area contributed by atoms with E-state index in [1.54, 1.807) is 16.8 Å². The first-order valence-electron chi connectivity index (χ1n) is 9.60. The molecule has 1 saturated carbocycles. The zero-order chi connectivity index (χ0) is 19.3. The molecule has 28 heavy (non-hydrogen) atoms. The second kappa shape index (κ2) is 6.51. The number of amides is 1. The number of carbonyl (C=O) groups is 1. The zero-order valence-corrected chi connectivity index (χ0v) is 15.3. The number of hydrogen-bond donors (Lipinski definition) is 2. The maximum atomic E-state index is 13.2. The maximum Gasteiger partial charge on any atom is 0.404 e. The highest BCUT2D eigenvalue weighted by Gasteiger charge is 2.44. The first kappa shape index (κ1) is 17.0. The molecule has 3 aromatic rings. The lowest BCUT2D eigenvalue weighted by Crippen LogP contribution is -2.46. The molecule has 0 radical (unpaired) electrons. The van der Waals surface area contributed by atoms with E-state index in [1.807, 2.05) is 12.3 Å². The van der Waals surface area contributed by atoms with Gasteiger partial charge in [0.25, 0.3) is 0 Å². The Morgan fingerprint density at radius 3 is 2.57 bits per heavy atom. The highest BCUT2D eigenvalue weighted by atomic mass is 19.1. The number of aromatic nitrogens is 2. The summed E-state index contributed by atoms with van der Waals surface area (Å²) < 4.78 is 15.0.